The first kappa shape index (κ1) is 14.7. The Balaban J connectivity index is 2.02. The van der Waals surface area contributed by atoms with Crippen LogP contribution in [0.25, 0.3) is 33.1 Å². The second kappa shape index (κ2) is 5.64. The SMILES string of the molecule is Cc1cc(-c2ccccc2)oc2cc3cc(=[N+](C)C)ccc3cc12. The number of aryl methyl sites for hydroxylation is 1. The van der Waals surface area contributed by atoms with Crippen LogP contribution in [0.2, 0.25) is 0 Å². The fraction of sp³-hybridized carbons (Fsp3) is 0.136. The lowest BCUT2D eigenvalue weighted by Crippen LogP contribution is -2.20. The molecule has 1 heterocycles. The van der Waals surface area contributed by atoms with Gasteiger partial charge < -0.3 is 4.42 Å². The van der Waals surface area contributed by atoms with Crippen molar-refractivity contribution in [2.24, 2.45) is 0 Å². The zero-order chi connectivity index (χ0) is 16.7. The van der Waals surface area contributed by atoms with Crippen LogP contribution in [0, 0.1) is 6.92 Å². The molecule has 0 unspecified atom stereocenters. The molecule has 2 heteroatoms. The smallest absolute Gasteiger partial charge is 0.200 e. The molecule has 3 aromatic carbocycles. The van der Waals surface area contributed by atoms with Crippen LogP contribution in [0.5, 0.6) is 0 Å². The van der Waals surface area contributed by atoms with E-state index in [4.69, 9.17) is 4.42 Å². The number of hydrogen-bond acceptors (Lipinski definition) is 1. The normalized spacial score (nSPS) is 11.1. The predicted molar refractivity (Wildman–Crippen MR) is 101 cm³/mol. The third-order valence-electron chi connectivity index (χ3n) is 4.49. The first-order chi connectivity index (χ1) is 11.6. The van der Waals surface area contributed by atoms with E-state index in [2.05, 4.69) is 74.1 Å². The third kappa shape index (κ3) is 2.50. The Morgan fingerprint density at radius 2 is 1.58 bits per heavy atom. The van der Waals surface area contributed by atoms with Crippen molar-refractivity contribution in [3.63, 3.8) is 0 Å². The Morgan fingerprint density at radius 3 is 2.33 bits per heavy atom. The Hall–Kier alpha value is -2.87. The van der Waals surface area contributed by atoms with Crippen LogP contribution in [0.3, 0.4) is 0 Å². The molecule has 0 fully saturated rings. The second-order valence-electron chi connectivity index (χ2n) is 6.43. The summed E-state index contributed by atoms with van der Waals surface area (Å²) in [7, 11) is 4.12. The lowest BCUT2D eigenvalue weighted by Gasteiger charge is -2.08. The van der Waals surface area contributed by atoms with Crippen molar-refractivity contribution < 1.29 is 4.42 Å². The zero-order valence-electron chi connectivity index (χ0n) is 14.2. The fourth-order valence-electron chi connectivity index (χ4n) is 3.10. The summed E-state index contributed by atoms with van der Waals surface area (Å²) >= 11 is 0. The van der Waals surface area contributed by atoms with E-state index in [1.54, 1.807) is 0 Å². The minimum Gasteiger partial charge on any atom is -0.456 e. The molecule has 4 aromatic rings. The standard InChI is InChI=1S/C22H20NO/c1-15-11-21(16-7-5-4-6-8-16)24-22-14-18-12-19(23(2)3)10-9-17(18)13-20(15)22/h4-14H,1-3H3/q+1. The van der Waals surface area contributed by atoms with Gasteiger partial charge in [0.1, 0.15) is 25.4 Å². The molecule has 0 N–H and O–H groups in total. The number of fused-ring (bicyclic) bond motifs is 2. The number of rotatable bonds is 1. The molecule has 0 saturated heterocycles. The molecule has 0 amide bonds. The summed E-state index contributed by atoms with van der Waals surface area (Å²) < 4.78 is 8.34. The van der Waals surface area contributed by atoms with Gasteiger partial charge in [-0.05, 0) is 47.5 Å². The Labute approximate surface area is 141 Å². The third-order valence-corrected chi connectivity index (χ3v) is 4.49. The molecule has 4 rings (SSSR count). The highest BCUT2D eigenvalue weighted by Gasteiger charge is 2.08. The van der Waals surface area contributed by atoms with Gasteiger partial charge in [0.15, 0.2) is 5.36 Å². The summed E-state index contributed by atoms with van der Waals surface area (Å²) in [5, 5.41) is 4.79. The van der Waals surface area contributed by atoms with E-state index in [9.17, 15) is 0 Å². The van der Waals surface area contributed by atoms with E-state index in [1.807, 2.05) is 18.2 Å². The van der Waals surface area contributed by atoms with E-state index in [0.717, 1.165) is 16.9 Å². The van der Waals surface area contributed by atoms with Crippen molar-refractivity contribution in [1.82, 2.24) is 4.58 Å². The van der Waals surface area contributed by atoms with E-state index in [-0.39, 0.29) is 0 Å². The van der Waals surface area contributed by atoms with Gasteiger partial charge in [0, 0.05) is 23.1 Å². The van der Waals surface area contributed by atoms with Gasteiger partial charge in [-0.1, -0.05) is 30.3 Å². The van der Waals surface area contributed by atoms with Crippen LogP contribution in [0.15, 0.2) is 71.1 Å². The molecule has 1 aromatic heterocycles. The zero-order valence-corrected chi connectivity index (χ0v) is 14.2. The van der Waals surface area contributed by atoms with Gasteiger partial charge in [0.05, 0.1) is 0 Å². The lowest BCUT2D eigenvalue weighted by molar-refractivity contribution is 0.619. The minimum atomic E-state index is 0.906. The van der Waals surface area contributed by atoms with Crippen LogP contribution < -0.4 is 9.93 Å². The van der Waals surface area contributed by atoms with Gasteiger partial charge in [-0.3, -0.25) is 0 Å². The number of hydrogen-bond donors (Lipinski definition) is 0. The highest BCUT2D eigenvalue weighted by molar-refractivity contribution is 5.97. The first-order valence-electron chi connectivity index (χ1n) is 8.16. The van der Waals surface area contributed by atoms with Crippen molar-refractivity contribution in [3.8, 4) is 11.3 Å². The molecule has 0 atom stereocenters. The molecule has 118 valence electrons. The molecular weight excluding hydrogens is 294 g/mol. The summed E-state index contributed by atoms with van der Waals surface area (Å²) in [5.74, 6) is 0.906. The van der Waals surface area contributed by atoms with Crippen LogP contribution in [0.4, 0.5) is 0 Å². The number of nitrogens with zero attached hydrogens (tertiary/aromatic N) is 1. The van der Waals surface area contributed by atoms with E-state index >= 15 is 0 Å². The van der Waals surface area contributed by atoms with Gasteiger partial charge in [0.2, 0.25) is 0 Å². The highest BCUT2D eigenvalue weighted by Crippen LogP contribution is 2.30. The molecule has 0 saturated carbocycles. The van der Waals surface area contributed by atoms with E-state index < -0.39 is 0 Å². The van der Waals surface area contributed by atoms with Crippen LogP contribution in [-0.4, -0.2) is 14.1 Å². The molecule has 24 heavy (non-hydrogen) atoms. The lowest BCUT2D eigenvalue weighted by atomic mass is 10.0. The topological polar surface area (TPSA) is 16.1 Å². The van der Waals surface area contributed by atoms with E-state index in [0.29, 0.717) is 0 Å². The Kier molecular flexibility index (Phi) is 3.46. The van der Waals surface area contributed by atoms with Gasteiger partial charge in [-0.25, -0.2) is 4.58 Å². The molecule has 0 bridgehead atoms. The maximum atomic E-state index is 6.22. The predicted octanol–water partition coefficient (Wildman–Crippen LogP) is 4.59. The molecule has 0 radical (unpaired) electrons. The molecule has 0 aliphatic carbocycles. The maximum Gasteiger partial charge on any atom is 0.200 e. The molecule has 0 spiro atoms. The summed E-state index contributed by atoms with van der Waals surface area (Å²) in [4.78, 5) is 0. The molecule has 2 nitrogen and oxygen atoms in total. The monoisotopic (exact) mass is 314 g/mol. The summed E-state index contributed by atoms with van der Waals surface area (Å²) in [5.41, 5.74) is 3.26. The van der Waals surface area contributed by atoms with Gasteiger partial charge in [-0.2, -0.15) is 0 Å². The van der Waals surface area contributed by atoms with E-state index in [1.165, 1.54) is 27.1 Å². The first-order valence-corrected chi connectivity index (χ1v) is 8.16. The summed E-state index contributed by atoms with van der Waals surface area (Å²) in [6.07, 6.45) is 0. The fourth-order valence-corrected chi connectivity index (χ4v) is 3.10. The Morgan fingerprint density at radius 1 is 0.792 bits per heavy atom. The van der Waals surface area contributed by atoms with Gasteiger partial charge in [-0.15, -0.1) is 0 Å². The summed E-state index contributed by atoms with van der Waals surface area (Å²) in [6, 6.07) is 23.3. The van der Waals surface area contributed by atoms with Gasteiger partial charge in [0.25, 0.3) is 0 Å². The molecule has 0 aliphatic heterocycles. The average molecular weight is 314 g/mol. The minimum absolute atomic E-state index is 0.906. The highest BCUT2D eigenvalue weighted by atomic mass is 16.3. The van der Waals surface area contributed by atoms with Crippen LogP contribution in [-0.2, 0) is 0 Å². The van der Waals surface area contributed by atoms with Crippen LogP contribution in [0.1, 0.15) is 5.56 Å². The van der Waals surface area contributed by atoms with Gasteiger partial charge >= 0.3 is 0 Å². The van der Waals surface area contributed by atoms with Crippen molar-refractivity contribution in [1.29, 1.82) is 0 Å². The quantitative estimate of drug-likeness (QED) is 0.371. The molecule has 0 aliphatic rings. The maximum absolute atomic E-state index is 6.22. The average Bonchev–Trinajstić information content (AvgIpc) is 2.60. The van der Waals surface area contributed by atoms with Crippen molar-refractivity contribution in [2.45, 2.75) is 6.92 Å². The molecular formula is C22H20NO+. The second-order valence-corrected chi connectivity index (χ2v) is 6.43. The summed E-state index contributed by atoms with van der Waals surface area (Å²) in [6.45, 7) is 2.14. The Bertz CT molecular complexity index is 1120. The van der Waals surface area contributed by atoms with Crippen molar-refractivity contribution >= 4 is 21.7 Å². The number of benzene rings is 3. The van der Waals surface area contributed by atoms with Crippen molar-refractivity contribution in [2.75, 3.05) is 14.1 Å². The largest absolute Gasteiger partial charge is 0.456 e. The van der Waals surface area contributed by atoms with Crippen molar-refractivity contribution in [3.05, 3.63) is 77.7 Å². The van der Waals surface area contributed by atoms with Crippen LogP contribution >= 0.6 is 0 Å².